The van der Waals surface area contributed by atoms with Gasteiger partial charge in [-0.25, -0.2) is 4.79 Å². The number of benzene rings is 1. The van der Waals surface area contributed by atoms with E-state index in [1.807, 2.05) is 0 Å². The summed E-state index contributed by atoms with van der Waals surface area (Å²) in [4.78, 5) is 14.2. The zero-order chi connectivity index (χ0) is 10.6. The van der Waals surface area contributed by atoms with E-state index in [2.05, 4.69) is 11.7 Å². The fourth-order valence-electron chi connectivity index (χ4n) is 1.11. The molecular weight excluding hydrogens is 180 g/mol. The average Bonchev–Trinajstić information content (AvgIpc) is 2.16. The van der Waals surface area contributed by atoms with Gasteiger partial charge in [-0.05, 0) is 24.4 Å². The van der Waals surface area contributed by atoms with Gasteiger partial charge in [0, 0.05) is 12.1 Å². The number of aliphatic imine (C=N–C) groups is 1. The Bertz CT molecular complexity index is 332. The number of carboxylic acid groups (broad SMARTS) is 1. The number of aliphatic carboxylic acids is 1. The number of nitrogen functional groups attached to an aromatic ring is 1. The maximum absolute atomic E-state index is 10.6. The van der Waals surface area contributed by atoms with Gasteiger partial charge in [0.15, 0.2) is 6.04 Å². The SMILES string of the molecule is C=N[C@@H](Cc1ccc(N)cc1)C(=O)O. The lowest BCUT2D eigenvalue weighted by Gasteiger charge is -2.06. The molecule has 0 aliphatic heterocycles. The standard InChI is InChI=1S/C10H12N2O2/c1-12-9(10(13)14)6-7-2-4-8(11)5-3-7/h2-5,9H,1,6,11H2,(H,13,14)/t9-/m0/s1. The van der Waals surface area contributed by atoms with Gasteiger partial charge in [0.25, 0.3) is 0 Å². The van der Waals surface area contributed by atoms with Crippen LogP contribution in [0.3, 0.4) is 0 Å². The lowest BCUT2D eigenvalue weighted by atomic mass is 10.1. The summed E-state index contributed by atoms with van der Waals surface area (Å²) < 4.78 is 0. The molecule has 0 amide bonds. The highest BCUT2D eigenvalue weighted by Crippen LogP contribution is 2.09. The number of nitrogens with zero attached hydrogens (tertiary/aromatic N) is 1. The minimum Gasteiger partial charge on any atom is -0.480 e. The minimum absolute atomic E-state index is 0.346. The van der Waals surface area contributed by atoms with Gasteiger partial charge in [0.05, 0.1) is 0 Å². The number of carboxylic acids is 1. The number of hydrogen-bond donors (Lipinski definition) is 2. The molecule has 1 rings (SSSR count). The third kappa shape index (κ3) is 2.58. The second kappa shape index (κ2) is 4.41. The normalized spacial score (nSPS) is 12.0. The van der Waals surface area contributed by atoms with Crippen LogP contribution in [0.2, 0.25) is 0 Å². The molecule has 0 saturated carbocycles. The molecule has 0 spiro atoms. The van der Waals surface area contributed by atoms with Crippen LogP contribution in [0.4, 0.5) is 5.69 Å². The Morgan fingerprint density at radius 1 is 1.50 bits per heavy atom. The lowest BCUT2D eigenvalue weighted by molar-refractivity contribution is -0.138. The van der Waals surface area contributed by atoms with Crippen LogP contribution in [-0.2, 0) is 11.2 Å². The summed E-state index contributed by atoms with van der Waals surface area (Å²) in [5.74, 6) is -0.961. The van der Waals surface area contributed by atoms with Crippen molar-refractivity contribution < 1.29 is 9.90 Å². The maximum Gasteiger partial charge on any atom is 0.328 e. The van der Waals surface area contributed by atoms with Crippen LogP contribution in [0, 0.1) is 0 Å². The van der Waals surface area contributed by atoms with Crippen molar-refractivity contribution in [3.05, 3.63) is 29.8 Å². The average molecular weight is 192 g/mol. The van der Waals surface area contributed by atoms with Crippen molar-refractivity contribution in [2.45, 2.75) is 12.5 Å². The first-order chi connectivity index (χ1) is 6.63. The molecule has 3 N–H and O–H groups in total. The molecule has 0 saturated heterocycles. The molecule has 0 aromatic heterocycles. The number of carbonyl (C=O) groups is 1. The van der Waals surface area contributed by atoms with Gasteiger partial charge in [0.2, 0.25) is 0 Å². The summed E-state index contributed by atoms with van der Waals surface area (Å²) in [6.45, 7) is 3.24. The van der Waals surface area contributed by atoms with Gasteiger partial charge in [-0.2, -0.15) is 0 Å². The van der Waals surface area contributed by atoms with Crippen LogP contribution in [0.5, 0.6) is 0 Å². The molecule has 74 valence electrons. The fraction of sp³-hybridized carbons (Fsp3) is 0.200. The van der Waals surface area contributed by atoms with Crippen LogP contribution in [0.1, 0.15) is 5.56 Å². The third-order valence-electron chi connectivity index (χ3n) is 1.91. The highest BCUT2D eigenvalue weighted by atomic mass is 16.4. The lowest BCUT2D eigenvalue weighted by Crippen LogP contribution is -2.20. The summed E-state index contributed by atoms with van der Waals surface area (Å²) in [5.41, 5.74) is 7.05. The molecule has 0 aliphatic rings. The summed E-state index contributed by atoms with van der Waals surface area (Å²) in [5, 5.41) is 8.73. The Kier molecular flexibility index (Phi) is 3.23. The predicted octanol–water partition coefficient (Wildman–Crippen LogP) is 0.965. The van der Waals surface area contributed by atoms with Crippen molar-refractivity contribution >= 4 is 18.4 Å². The highest BCUT2D eigenvalue weighted by Gasteiger charge is 2.14. The van der Waals surface area contributed by atoms with E-state index < -0.39 is 12.0 Å². The van der Waals surface area contributed by atoms with E-state index in [0.717, 1.165) is 5.56 Å². The van der Waals surface area contributed by atoms with Crippen molar-refractivity contribution in [1.82, 2.24) is 0 Å². The van der Waals surface area contributed by atoms with Crippen molar-refractivity contribution in [2.24, 2.45) is 4.99 Å². The zero-order valence-corrected chi connectivity index (χ0v) is 7.68. The molecule has 1 aromatic rings. The number of hydrogen-bond acceptors (Lipinski definition) is 3. The third-order valence-corrected chi connectivity index (χ3v) is 1.91. The molecule has 4 nitrogen and oxygen atoms in total. The van der Waals surface area contributed by atoms with Crippen molar-refractivity contribution in [3.63, 3.8) is 0 Å². The molecule has 1 aromatic carbocycles. The summed E-state index contributed by atoms with van der Waals surface area (Å²) in [6.07, 6.45) is 0.346. The summed E-state index contributed by atoms with van der Waals surface area (Å²) >= 11 is 0. The Morgan fingerprint density at radius 2 is 2.07 bits per heavy atom. The molecule has 0 bridgehead atoms. The Hall–Kier alpha value is -1.84. The van der Waals surface area contributed by atoms with Crippen molar-refractivity contribution in [1.29, 1.82) is 0 Å². The maximum atomic E-state index is 10.6. The van der Waals surface area contributed by atoms with Crippen LogP contribution in [0.25, 0.3) is 0 Å². The van der Waals surface area contributed by atoms with Gasteiger partial charge < -0.3 is 10.8 Å². The van der Waals surface area contributed by atoms with E-state index in [0.29, 0.717) is 12.1 Å². The van der Waals surface area contributed by atoms with E-state index >= 15 is 0 Å². The van der Waals surface area contributed by atoms with Gasteiger partial charge >= 0.3 is 5.97 Å². The summed E-state index contributed by atoms with van der Waals surface area (Å²) in [7, 11) is 0. The molecule has 4 heteroatoms. The second-order valence-electron chi connectivity index (χ2n) is 2.98. The van der Waals surface area contributed by atoms with Crippen molar-refractivity contribution in [2.75, 3.05) is 5.73 Å². The molecule has 0 unspecified atom stereocenters. The van der Waals surface area contributed by atoms with E-state index in [9.17, 15) is 4.79 Å². The van der Waals surface area contributed by atoms with Crippen LogP contribution < -0.4 is 5.73 Å². The quantitative estimate of drug-likeness (QED) is 0.551. The van der Waals surface area contributed by atoms with Crippen LogP contribution >= 0.6 is 0 Å². The Balaban J connectivity index is 2.72. The predicted molar refractivity (Wildman–Crippen MR) is 55.5 cm³/mol. The first-order valence-corrected chi connectivity index (χ1v) is 4.16. The Morgan fingerprint density at radius 3 is 2.50 bits per heavy atom. The highest BCUT2D eigenvalue weighted by molar-refractivity contribution is 5.74. The largest absolute Gasteiger partial charge is 0.480 e. The monoisotopic (exact) mass is 192 g/mol. The van der Waals surface area contributed by atoms with E-state index in [-0.39, 0.29) is 0 Å². The van der Waals surface area contributed by atoms with Crippen molar-refractivity contribution in [3.8, 4) is 0 Å². The molecule has 0 heterocycles. The minimum atomic E-state index is -0.961. The molecular formula is C10H12N2O2. The molecule has 14 heavy (non-hydrogen) atoms. The molecule has 0 aliphatic carbocycles. The molecule has 0 radical (unpaired) electrons. The van der Waals surface area contributed by atoms with E-state index in [4.69, 9.17) is 10.8 Å². The van der Waals surface area contributed by atoms with E-state index in [1.165, 1.54) is 0 Å². The fourth-order valence-corrected chi connectivity index (χ4v) is 1.11. The van der Waals surface area contributed by atoms with Gasteiger partial charge in [-0.1, -0.05) is 12.1 Å². The van der Waals surface area contributed by atoms with Gasteiger partial charge in [-0.3, -0.25) is 4.99 Å². The number of nitrogens with two attached hydrogens (primary N) is 1. The van der Waals surface area contributed by atoms with Crippen LogP contribution in [0.15, 0.2) is 29.3 Å². The second-order valence-corrected chi connectivity index (χ2v) is 2.98. The number of rotatable bonds is 4. The van der Waals surface area contributed by atoms with Crippen LogP contribution in [-0.4, -0.2) is 23.8 Å². The topological polar surface area (TPSA) is 75.7 Å². The first kappa shape index (κ1) is 10.2. The molecule has 0 fully saturated rings. The molecule has 1 atom stereocenters. The van der Waals surface area contributed by atoms with E-state index in [1.54, 1.807) is 24.3 Å². The smallest absolute Gasteiger partial charge is 0.328 e. The Labute approximate surface area is 82.1 Å². The zero-order valence-electron chi connectivity index (χ0n) is 7.68. The summed E-state index contributed by atoms with van der Waals surface area (Å²) in [6, 6.07) is 6.26. The number of anilines is 1. The first-order valence-electron chi connectivity index (χ1n) is 4.16. The van der Waals surface area contributed by atoms with Gasteiger partial charge in [0.1, 0.15) is 0 Å². The van der Waals surface area contributed by atoms with Gasteiger partial charge in [-0.15, -0.1) is 0 Å².